The molecule has 182 valence electrons. The van der Waals surface area contributed by atoms with Gasteiger partial charge in [0.05, 0.1) is 31.0 Å². The zero-order chi connectivity index (χ0) is 24.5. The molecule has 0 spiro atoms. The zero-order valence-corrected chi connectivity index (χ0v) is 20.3. The molecule has 35 heavy (non-hydrogen) atoms. The first-order valence-electron chi connectivity index (χ1n) is 12.3. The maximum Gasteiger partial charge on any atom is 0.224 e. The Morgan fingerprint density at radius 3 is 2.86 bits per heavy atom. The number of amides is 1. The summed E-state index contributed by atoms with van der Waals surface area (Å²) in [5, 5.41) is 12.1. The van der Waals surface area contributed by atoms with Gasteiger partial charge in [0, 0.05) is 44.5 Å². The summed E-state index contributed by atoms with van der Waals surface area (Å²) in [6.07, 6.45) is 7.35. The quantitative estimate of drug-likeness (QED) is 0.490. The first kappa shape index (κ1) is 24.5. The fraction of sp³-hybridized carbons (Fsp3) is 0.393. The molecule has 0 bridgehead atoms. The third kappa shape index (κ3) is 6.93. The van der Waals surface area contributed by atoms with E-state index in [0.717, 1.165) is 62.3 Å². The highest BCUT2D eigenvalue weighted by Crippen LogP contribution is 2.18. The van der Waals surface area contributed by atoms with E-state index in [0.29, 0.717) is 18.7 Å². The van der Waals surface area contributed by atoms with Crippen LogP contribution in [-0.4, -0.2) is 53.6 Å². The summed E-state index contributed by atoms with van der Waals surface area (Å²) in [6, 6.07) is 17.9. The second kappa shape index (κ2) is 12.2. The zero-order valence-electron chi connectivity index (χ0n) is 20.3. The Bertz CT molecular complexity index is 1150. The van der Waals surface area contributed by atoms with Crippen molar-refractivity contribution in [1.82, 2.24) is 19.8 Å². The van der Waals surface area contributed by atoms with E-state index in [2.05, 4.69) is 38.0 Å². The molecule has 7 nitrogen and oxygen atoms in total. The van der Waals surface area contributed by atoms with Crippen molar-refractivity contribution in [3.05, 3.63) is 83.4 Å². The Hall–Kier alpha value is -3.63. The van der Waals surface area contributed by atoms with Crippen molar-refractivity contribution in [1.29, 1.82) is 5.26 Å². The number of hydrogen-bond donors (Lipinski definition) is 1. The average Bonchev–Trinajstić information content (AvgIpc) is 3.34. The Balaban J connectivity index is 1.22. The molecule has 2 heterocycles. The van der Waals surface area contributed by atoms with Crippen LogP contribution in [-0.2, 0) is 24.2 Å². The van der Waals surface area contributed by atoms with E-state index < -0.39 is 0 Å². The highest BCUT2D eigenvalue weighted by Gasteiger charge is 2.25. The summed E-state index contributed by atoms with van der Waals surface area (Å²) in [5.41, 5.74) is 4.11. The van der Waals surface area contributed by atoms with Crippen molar-refractivity contribution >= 4 is 5.91 Å². The van der Waals surface area contributed by atoms with Crippen molar-refractivity contribution < 1.29 is 9.53 Å². The minimum Gasteiger partial charge on any atom is -0.497 e. The molecule has 0 saturated carbocycles. The van der Waals surface area contributed by atoms with Crippen LogP contribution in [0.5, 0.6) is 5.75 Å². The van der Waals surface area contributed by atoms with Gasteiger partial charge in [-0.2, -0.15) is 5.26 Å². The first-order valence-corrected chi connectivity index (χ1v) is 12.3. The third-order valence-electron chi connectivity index (χ3n) is 6.64. The van der Waals surface area contributed by atoms with Crippen LogP contribution in [0.2, 0.25) is 0 Å². The van der Waals surface area contributed by atoms with Gasteiger partial charge in [0.25, 0.3) is 0 Å². The van der Waals surface area contributed by atoms with Crippen LogP contribution in [0.4, 0.5) is 0 Å². The highest BCUT2D eigenvalue weighted by molar-refractivity contribution is 5.78. The molecule has 0 unspecified atom stereocenters. The Labute approximate surface area is 207 Å². The van der Waals surface area contributed by atoms with Gasteiger partial charge in [-0.15, -0.1) is 0 Å². The van der Waals surface area contributed by atoms with Gasteiger partial charge in [-0.1, -0.05) is 24.3 Å². The lowest BCUT2D eigenvalue weighted by Crippen LogP contribution is -2.44. The van der Waals surface area contributed by atoms with Crippen LogP contribution in [0.25, 0.3) is 0 Å². The summed E-state index contributed by atoms with van der Waals surface area (Å²) in [5.74, 6) is 1.07. The number of carbonyl (C=O) groups excluding carboxylic acids is 1. The molecule has 1 aliphatic rings. The number of nitrogens with one attached hydrogen (secondary N) is 1. The second-order valence-electron chi connectivity index (χ2n) is 9.10. The number of rotatable bonds is 10. The molecule has 1 fully saturated rings. The number of hydrogen-bond acceptors (Lipinski definition) is 5. The molecule has 1 amide bonds. The minimum atomic E-state index is 0.0395. The van der Waals surface area contributed by atoms with Gasteiger partial charge in [0.15, 0.2) is 0 Å². The number of nitriles is 1. The van der Waals surface area contributed by atoms with Crippen molar-refractivity contribution in [3.8, 4) is 11.8 Å². The van der Waals surface area contributed by atoms with E-state index in [1.165, 1.54) is 5.56 Å². The van der Waals surface area contributed by atoms with Crippen molar-refractivity contribution in [2.75, 3.05) is 33.3 Å². The number of imidazole rings is 1. The number of aromatic nitrogens is 2. The smallest absolute Gasteiger partial charge is 0.224 e. The number of likely N-dealkylation sites (tertiary alicyclic amines) is 1. The molecule has 1 N–H and O–H groups in total. The van der Waals surface area contributed by atoms with Crippen molar-refractivity contribution in [2.45, 2.75) is 32.2 Å². The van der Waals surface area contributed by atoms with E-state index in [4.69, 9.17) is 10.00 Å². The molecule has 1 saturated heterocycles. The van der Waals surface area contributed by atoms with E-state index in [1.807, 2.05) is 48.9 Å². The second-order valence-corrected chi connectivity index (χ2v) is 9.10. The molecular weight excluding hydrogens is 438 g/mol. The van der Waals surface area contributed by atoms with Crippen LogP contribution < -0.4 is 10.1 Å². The van der Waals surface area contributed by atoms with Gasteiger partial charge >= 0.3 is 0 Å². The highest BCUT2D eigenvalue weighted by atomic mass is 16.5. The fourth-order valence-corrected chi connectivity index (χ4v) is 4.63. The summed E-state index contributed by atoms with van der Waals surface area (Å²) in [4.78, 5) is 19.6. The first-order chi connectivity index (χ1) is 17.1. The number of carbonyl (C=O) groups is 1. The van der Waals surface area contributed by atoms with E-state index in [9.17, 15) is 4.79 Å². The van der Waals surface area contributed by atoms with Gasteiger partial charge in [0.1, 0.15) is 5.75 Å². The van der Waals surface area contributed by atoms with E-state index in [-0.39, 0.29) is 11.8 Å². The number of nitrogens with zero attached hydrogens (tertiary/aromatic N) is 4. The normalized spacial score (nSPS) is 15.9. The maximum atomic E-state index is 12.9. The van der Waals surface area contributed by atoms with Gasteiger partial charge in [-0.25, -0.2) is 4.98 Å². The molecule has 4 rings (SSSR count). The number of benzene rings is 2. The topological polar surface area (TPSA) is 83.2 Å². The number of piperidine rings is 1. The lowest BCUT2D eigenvalue weighted by atomic mass is 9.96. The van der Waals surface area contributed by atoms with Crippen molar-refractivity contribution in [3.63, 3.8) is 0 Å². The van der Waals surface area contributed by atoms with Crippen LogP contribution >= 0.6 is 0 Å². The monoisotopic (exact) mass is 471 g/mol. The number of methoxy groups -OCH3 is 1. The van der Waals surface area contributed by atoms with Gasteiger partial charge in [0.2, 0.25) is 5.91 Å². The molecule has 1 aromatic heterocycles. The van der Waals surface area contributed by atoms with E-state index in [1.54, 1.807) is 7.11 Å². The minimum absolute atomic E-state index is 0.0395. The fourth-order valence-electron chi connectivity index (χ4n) is 4.63. The third-order valence-corrected chi connectivity index (χ3v) is 6.64. The molecular formula is C28H33N5O2. The standard InChI is InChI=1S/C28H33N5O2/c1-35-27-6-2-4-22(16-27)12-15-32-14-3-5-25(20-32)28(34)31-13-11-26-18-30-21-33(26)19-24-9-7-23(17-29)8-10-24/h2,4,6-10,16,18,21,25H,3,5,11-15,19-20H2,1H3,(H,31,34)/t25-/m0/s1. The molecule has 0 aliphatic carbocycles. The summed E-state index contributed by atoms with van der Waals surface area (Å²) < 4.78 is 7.41. The summed E-state index contributed by atoms with van der Waals surface area (Å²) in [7, 11) is 1.69. The lowest BCUT2D eigenvalue weighted by Gasteiger charge is -2.32. The van der Waals surface area contributed by atoms with Crippen molar-refractivity contribution in [2.24, 2.45) is 5.92 Å². The largest absolute Gasteiger partial charge is 0.497 e. The average molecular weight is 472 g/mol. The van der Waals surface area contributed by atoms with Crippen LogP contribution in [0.3, 0.4) is 0 Å². The van der Waals surface area contributed by atoms with Crippen LogP contribution in [0, 0.1) is 17.2 Å². The molecule has 0 radical (unpaired) electrons. The Morgan fingerprint density at radius 1 is 1.20 bits per heavy atom. The lowest BCUT2D eigenvalue weighted by molar-refractivity contribution is -0.126. The maximum absolute atomic E-state index is 12.9. The molecule has 1 aliphatic heterocycles. The summed E-state index contributed by atoms with van der Waals surface area (Å²) in [6.45, 7) is 4.10. The predicted octanol–water partition coefficient (Wildman–Crippen LogP) is 3.43. The van der Waals surface area contributed by atoms with E-state index >= 15 is 0 Å². The molecule has 1 atom stereocenters. The van der Waals surface area contributed by atoms with Gasteiger partial charge in [-0.05, 0) is 61.2 Å². The molecule has 3 aromatic rings. The Morgan fingerprint density at radius 2 is 2.06 bits per heavy atom. The SMILES string of the molecule is COc1cccc(CCN2CCC[C@H](C(=O)NCCc3cncn3Cc3ccc(C#N)cc3)C2)c1. The summed E-state index contributed by atoms with van der Waals surface area (Å²) >= 11 is 0. The van der Waals surface area contributed by atoms with Crippen LogP contribution in [0.1, 0.15) is 35.2 Å². The van der Waals surface area contributed by atoms with Crippen LogP contribution in [0.15, 0.2) is 61.1 Å². The van der Waals surface area contributed by atoms with Gasteiger partial charge in [-0.3, -0.25) is 4.79 Å². The van der Waals surface area contributed by atoms with Gasteiger partial charge < -0.3 is 19.5 Å². The Kier molecular flexibility index (Phi) is 8.53. The number of ether oxygens (including phenoxy) is 1. The predicted molar refractivity (Wildman–Crippen MR) is 135 cm³/mol. The molecule has 7 heteroatoms. The molecule has 2 aromatic carbocycles.